The Kier molecular flexibility index (Phi) is 41.9. The van der Waals surface area contributed by atoms with Gasteiger partial charge in [-0.05, 0) is 55.5 Å². The van der Waals surface area contributed by atoms with Gasteiger partial charge in [-0.3, -0.25) is 43.2 Å². The Labute approximate surface area is 515 Å². The number of amides is 8. The third kappa shape index (κ3) is 36.0. The zero-order valence-corrected chi connectivity index (χ0v) is 52.9. The minimum absolute atomic E-state index is 0.0407. The molecule has 2 aromatic carbocycles. The molecule has 1 fully saturated rings. The maximum Gasteiger partial charge on any atom is 0.325 e. The summed E-state index contributed by atoms with van der Waals surface area (Å²) >= 11 is 0. The molecule has 0 radical (unpaired) electrons. The van der Waals surface area contributed by atoms with Crippen molar-refractivity contribution >= 4 is 53.2 Å². The number of carbonyl (C=O) groups excluding carboxylic acids is 9. The number of likely N-dealkylation sites (tertiary alicyclic amines) is 1. The van der Waals surface area contributed by atoms with Crippen LogP contribution in [0.15, 0.2) is 54.6 Å². The molecule has 1 saturated heterocycles. The van der Waals surface area contributed by atoms with Gasteiger partial charge in [-0.2, -0.15) is 0 Å². The molecule has 0 bridgehead atoms. The van der Waals surface area contributed by atoms with E-state index in [1.165, 1.54) is 185 Å². The van der Waals surface area contributed by atoms with Crippen LogP contribution in [-0.4, -0.2) is 128 Å². The highest BCUT2D eigenvalue weighted by molar-refractivity contribution is 5.99. The third-order valence-electron chi connectivity index (χ3n) is 16.0. The van der Waals surface area contributed by atoms with Crippen LogP contribution in [0.1, 0.15) is 258 Å². The quantitative estimate of drug-likeness (QED) is 0.0270. The summed E-state index contributed by atoms with van der Waals surface area (Å²) in [7, 11) is 0. The van der Waals surface area contributed by atoms with E-state index in [0.717, 1.165) is 31.2 Å². The second kappa shape index (κ2) is 48.7. The average molecular weight is 1200 g/mol. The summed E-state index contributed by atoms with van der Waals surface area (Å²) in [6, 6.07) is 14.6. The Hall–Kier alpha value is -6.33. The topological polar surface area (TPSA) is 242 Å². The van der Waals surface area contributed by atoms with Crippen molar-refractivity contribution in [1.82, 2.24) is 41.7 Å². The van der Waals surface area contributed by atoms with Crippen LogP contribution in [0.5, 0.6) is 0 Å². The van der Waals surface area contributed by atoms with E-state index in [1.54, 1.807) is 48.5 Å². The van der Waals surface area contributed by atoms with Crippen LogP contribution in [0.4, 0.5) is 0 Å². The summed E-state index contributed by atoms with van der Waals surface area (Å²) in [4.78, 5) is 118. The van der Waals surface area contributed by atoms with Gasteiger partial charge in [0.2, 0.25) is 35.4 Å². The summed E-state index contributed by atoms with van der Waals surface area (Å²) in [5.74, 6) is -4.93. The molecule has 1 heterocycles. The lowest BCUT2D eigenvalue weighted by atomic mass is 10.0. The fraction of sp³-hybridized carbons (Fsp3) is 0.691. The molecule has 86 heavy (non-hydrogen) atoms. The van der Waals surface area contributed by atoms with Crippen molar-refractivity contribution in [2.24, 2.45) is 0 Å². The van der Waals surface area contributed by atoms with Crippen LogP contribution < -0.4 is 31.9 Å². The van der Waals surface area contributed by atoms with Gasteiger partial charge in [0, 0.05) is 30.8 Å². The number of nitrogens with zero attached hydrogens (tertiary/aromatic N) is 2. The second-order valence-corrected chi connectivity index (χ2v) is 23.4. The van der Waals surface area contributed by atoms with Crippen molar-refractivity contribution in [2.45, 2.75) is 245 Å². The summed E-state index contributed by atoms with van der Waals surface area (Å²) in [6.45, 7) is 3.62. The Morgan fingerprint density at radius 1 is 0.430 bits per heavy atom. The van der Waals surface area contributed by atoms with Gasteiger partial charge in [0.05, 0.1) is 32.7 Å². The lowest BCUT2D eigenvalue weighted by molar-refractivity contribution is -0.145. The zero-order valence-electron chi connectivity index (χ0n) is 52.9. The molecule has 6 N–H and O–H groups in total. The number of benzene rings is 2. The Balaban J connectivity index is 1.33. The largest absolute Gasteiger partial charge is 0.460 e. The molecule has 3 rings (SSSR count). The van der Waals surface area contributed by atoms with Gasteiger partial charge >= 0.3 is 5.97 Å². The maximum atomic E-state index is 14.0. The summed E-state index contributed by atoms with van der Waals surface area (Å²) in [6.07, 6.45) is 42.2. The Bertz CT molecular complexity index is 2190. The smallest absolute Gasteiger partial charge is 0.325 e. The predicted molar refractivity (Wildman–Crippen MR) is 340 cm³/mol. The van der Waals surface area contributed by atoms with E-state index in [0.29, 0.717) is 31.5 Å². The normalized spacial score (nSPS) is 12.7. The van der Waals surface area contributed by atoms with Crippen LogP contribution in [-0.2, 0) is 44.9 Å². The summed E-state index contributed by atoms with van der Waals surface area (Å²) in [5, 5.41) is 14.6. The lowest BCUT2D eigenvalue weighted by Crippen LogP contribution is -2.51. The Morgan fingerprint density at radius 2 is 0.802 bits per heavy atom. The van der Waals surface area contributed by atoms with E-state index in [-0.39, 0.29) is 31.2 Å². The second-order valence-electron chi connectivity index (χ2n) is 23.4. The number of rotatable bonds is 51. The Morgan fingerprint density at radius 3 is 1.24 bits per heavy atom. The molecular formula is C68H110N8O10. The number of ether oxygens (including phenoxy) is 1. The van der Waals surface area contributed by atoms with Crippen LogP contribution >= 0.6 is 0 Å². The van der Waals surface area contributed by atoms with Gasteiger partial charge in [0.25, 0.3) is 11.8 Å². The van der Waals surface area contributed by atoms with Crippen LogP contribution in [0, 0.1) is 0 Å². The number of carbonyl (C=O) groups is 9. The van der Waals surface area contributed by atoms with E-state index in [9.17, 15) is 43.2 Å². The molecule has 0 unspecified atom stereocenters. The molecular weight excluding hydrogens is 1090 g/mol. The molecule has 1 aliphatic rings. The zero-order chi connectivity index (χ0) is 62.1. The van der Waals surface area contributed by atoms with Gasteiger partial charge in [0.1, 0.15) is 19.2 Å². The monoisotopic (exact) mass is 1200 g/mol. The molecule has 8 amide bonds. The molecule has 0 spiro atoms. The van der Waals surface area contributed by atoms with E-state index < -0.39 is 86.1 Å². The number of hydrogen-bond donors (Lipinski definition) is 6. The van der Waals surface area contributed by atoms with E-state index >= 15 is 0 Å². The number of unbranched alkanes of at least 4 members (excludes halogenated alkanes) is 30. The molecule has 18 heteroatoms. The van der Waals surface area contributed by atoms with E-state index in [1.807, 2.05) is 11.0 Å². The fourth-order valence-corrected chi connectivity index (χ4v) is 10.7. The molecule has 0 aromatic heterocycles. The van der Waals surface area contributed by atoms with Crippen molar-refractivity contribution in [3.05, 3.63) is 71.3 Å². The minimum Gasteiger partial charge on any atom is -0.460 e. The highest BCUT2D eigenvalue weighted by Gasteiger charge is 2.34. The van der Waals surface area contributed by atoms with Crippen LogP contribution in [0.2, 0.25) is 0 Å². The molecule has 18 nitrogen and oxygen atoms in total. The number of hydrogen-bond acceptors (Lipinski definition) is 10. The summed E-state index contributed by atoms with van der Waals surface area (Å²) in [5.41, 5.74) is 1.58. The van der Waals surface area contributed by atoms with Crippen molar-refractivity contribution in [3.8, 4) is 0 Å². The van der Waals surface area contributed by atoms with Crippen molar-refractivity contribution in [3.63, 3.8) is 0 Å². The van der Waals surface area contributed by atoms with Crippen molar-refractivity contribution in [1.29, 1.82) is 0 Å². The first-order chi connectivity index (χ1) is 41.9. The highest BCUT2D eigenvalue weighted by Crippen LogP contribution is 2.19. The lowest BCUT2D eigenvalue weighted by Gasteiger charge is -2.24. The SMILES string of the molecule is CCCCCCCCCCCCCCCCCCN(CCCCCCCCCCCCCCCCCC)C(=O)c1ccc(C(=O)NCC(=O)NCC(=O)NCC(=O)N2CCC[C@H]2C(=O)NCC(=O)NCC(=O)NCC(=O)OCc2ccccc2)cc1. The van der Waals surface area contributed by atoms with Crippen LogP contribution in [0.3, 0.4) is 0 Å². The molecule has 0 saturated carbocycles. The fourth-order valence-electron chi connectivity index (χ4n) is 10.7. The van der Waals surface area contributed by atoms with Gasteiger partial charge in [-0.25, -0.2) is 0 Å². The van der Waals surface area contributed by atoms with E-state index in [2.05, 4.69) is 45.7 Å². The molecule has 1 atom stereocenters. The van der Waals surface area contributed by atoms with Gasteiger partial charge in [-0.1, -0.05) is 237 Å². The minimum atomic E-state index is -0.885. The molecule has 2 aromatic rings. The standard InChI is InChI=1S/C68H110N8O10/c1-3-5-7-9-11-13-15-17-19-21-23-25-27-29-31-36-46-75(47-37-32-30-28-26-24-22-20-18-16-14-12-10-8-6-4-2)68(85)58-44-42-57(43-45-58)66(83)73-51-62(79)69-49-60(77)71-53-64(81)76-48-38-41-59(76)67(84)74-52-63(80)70-50-61(78)72-54-65(82)86-55-56-39-34-33-35-40-56/h33-35,39-40,42-45,59H,3-32,36-38,41,46-55H2,1-2H3,(H,69,79)(H,70,80)(H,71,77)(H,72,78)(H,73,83)(H,74,84)/t59-/m0/s1. The summed E-state index contributed by atoms with van der Waals surface area (Å²) < 4.78 is 5.10. The first-order valence-corrected chi connectivity index (χ1v) is 33.4. The number of esters is 1. The van der Waals surface area contributed by atoms with E-state index in [4.69, 9.17) is 4.74 Å². The highest BCUT2D eigenvalue weighted by atomic mass is 16.5. The third-order valence-corrected chi connectivity index (χ3v) is 16.0. The average Bonchev–Trinajstić information content (AvgIpc) is 4.20. The van der Waals surface area contributed by atoms with Crippen LogP contribution in [0.25, 0.3) is 0 Å². The number of nitrogens with one attached hydrogen (secondary N) is 6. The first-order valence-electron chi connectivity index (χ1n) is 33.4. The van der Waals surface area contributed by atoms with Gasteiger partial charge < -0.3 is 46.4 Å². The molecule has 1 aliphatic heterocycles. The van der Waals surface area contributed by atoms with Gasteiger partial charge in [-0.15, -0.1) is 0 Å². The maximum absolute atomic E-state index is 14.0. The molecule has 482 valence electrons. The van der Waals surface area contributed by atoms with Gasteiger partial charge in [0.15, 0.2) is 0 Å². The first kappa shape index (κ1) is 73.9. The van der Waals surface area contributed by atoms with Crippen molar-refractivity contribution < 1.29 is 47.9 Å². The molecule has 0 aliphatic carbocycles. The van der Waals surface area contributed by atoms with Crippen molar-refractivity contribution in [2.75, 3.05) is 58.9 Å². The predicted octanol–water partition coefficient (Wildman–Crippen LogP) is 10.7.